The fourth-order valence-corrected chi connectivity index (χ4v) is 2.82. The van der Waals surface area contributed by atoms with E-state index >= 15 is 0 Å². The van der Waals surface area contributed by atoms with Gasteiger partial charge in [0.1, 0.15) is 0 Å². The fraction of sp³-hybridized carbons (Fsp3) is 0.933. The van der Waals surface area contributed by atoms with Crippen LogP contribution in [-0.4, -0.2) is 60.6 Å². The van der Waals surface area contributed by atoms with Gasteiger partial charge in [0.25, 0.3) is 0 Å². The Balaban J connectivity index is 0.00000220. The lowest BCUT2D eigenvalue weighted by Crippen LogP contribution is -2.50. The molecule has 1 saturated carbocycles. The van der Waals surface area contributed by atoms with E-state index in [9.17, 15) is 0 Å². The zero-order chi connectivity index (χ0) is 14.6. The van der Waals surface area contributed by atoms with Gasteiger partial charge in [-0.05, 0) is 45.8 Å². The van der Waals surface area contributed by atoms with E-state index in [1.165, 1.54) is 38.8 Å². The van der Waals surface area contributed by atoms with E-state index in [4.69, 9.17) is 0 Å². The zero-order valence-corrected chi connectivity index (χ0v) is 17.0. The highest BCUT2D eigenvalue weighted by molar-refractivity contribution is 14.0. The van der Waals surface area contributed by atoms with Gasteiger partial charge >= 0.3 is 0 Å². The number of halogens is 1. The number of hydrogen-bond acceptors (Lipinski definition) is 3. The minimum atomic E-state index is 0. The van der Waals surface area contributed by atoms with Crippen molar-refractivity contribution >= 4 is 41.7 Å². The molecule has 0 radical (unpaired) electrons. The minimum Gasteiger partial charge on any atom is -0.355 e. The molecule has 0 aromatic carbocycles. The third-order valence-corrected chi connectivity index (χ3v) is 5.64. The summed E-state index contributed by atoms with van der Waals surface area (Å²) in [5.41, 5.74) is 0. The van der Waals surface area contributed by atoms with Gasteiger partial charge in [0, 0.05) is 43.5 Å². The Kier molecular flexibility index (Phi) is 8.13. The molecule has 1 aliphatic carbocycles. The first-order chi connectivity index (χ1) is 9.54. The summed E-state index contributed by atoms with van der Waals surface area (Å²) in [7, 11) is 1.86. The lowest BCUT2D eigenvalue weighted by molar-refractivity contribution is 0.197. The van der Waals surface area contributed by atoms with E-state index in [0.29, 0.717) is 6.04 Å². The maximum atomic E-state index is 4.36. The quantitative estimate of drug-likeness (QED) is 0.403. The van der Waals surface area contributed by atoms with Crippen molar-refractivity contribution in [3.8, 4) is 0 Å². The molecule has 1 aliphatic heterocycles. The van der Waals surface area contributed by atoms with E-state index in [-0.39, 0.29) is 28.7 Å². The molecule has 0 atom stereocenters. The second-order valence-electron chi connectivity index (χ2n) is 6.58. The van der Waals surface area contributed by atoms with Crippen molar-refractivity contribution in [2.75, 3.05) is 32.9 Å². The Morgan fingerprint density at radius 2 is 1.86 bits per heavy atom. The molecule has 1 saturated heterocycles. The second-order valence-corrected chi connectivity index (χ2v) is 8.09. The normalized spacial score (nSPS) is 21.8. The predicted molar refractivity (Wildman–Crippen MR) is 105 cm³/mol. The Hall–Kier alpha value is 0.310. The molecular weight excluding hydrogens is 395 g/mol. The molecule has 0 unspecified atom stereocenters. The van der Waals surface area contributed by atoms with Crippen LogP contribution in [0.4, 0.5) is 0 Å². The zero-order valence-electron chi connectivity index (χ0n) is 13.8. The van der Waals surface area contributed by atoms with Crippen LogP contribution in [0.5, 0.6) is 0 Å². The second kappa shape index (κ2) is 8.82. The summed E-state index contributed by atoms with van der Waals surface area (Å²) in [6.07, 6.45) is 7.48. The number of piperidine rings is 1. The Labute approximate surface area is 151 Å². The molecule has 124 valence electrons. The van der Waals surface area contributed by atoms with Gasteiger partial charge < -0.3 is 15.5 Å². The summed E-state index contributed by atoms with van der Waals surface area (Å²) in [6, 6.07) is 1.49. The van der Waals surface area contributed by atoms with Gasteiger partial charge in [0.15, 0.2) is 5.96 Å². The molecule has 2 rings (SSSR count). The number of nitrogens with zero attached hydrogens (tertiary/aromatic N) is 2. The first kappa shape index (κ1) is 19.4. The standard InChI is InChI=1S/C15H30N4S.HI/c1-15(2,20-4)11-17-14(16-3)18-12-7-9-19(10-8-12)13-5-6-13;/h12-13H,5-11H2,1-4H3,(H2,16,17,18);1H. The molecule has 0 bridgehead atoms. The van der Waals surface area contributed by atoms with E-state index in [2.05, 4.69) is 40.6 Å². The fourth-order valence-electron chi connectivity index (χ4n) is 2.61. The maximum Gasteiger partial charge on any atom is 0.191 e. The van der Waals surface area contributed by atoms with Crippen molar-refractivity contribution < 1.29 is 0 Å². The molecule has 6 heteroatoms. The van der Waals surface area contributed by atoms with Gasteiger partial charge in [-0.2, -0.15) is 11.8 Å². The molecule has 2 aliphatic rings. The highest BCUT2D eigenvalue weighted by atomic mass is 127. The summed E-state index contributed by atoms with van der Waals surface area (Å²) in [5.74, 6) is 0.956. The largest absolute Gasteiger partial charge is 0.355 e. The van der Waals surface area contributed by atoms with E-state index in [1.807, 2.05) is 18.8 Å². The topological polar surface area (TPSA) is 39.7 Å². The summed E-state index contributed by atoms with van der Waals surface area (Å²) < 4.78 is 0.243. The number of nitrogens with one attached hydrogen (secondary N) is 2. The van der Waals surface area contributed by atoms with E-state index in [1.54, 1.807) is 0 Å². The van der Waals surface area contributed by atoms with Crippen molar-refractivity contribution in [3.63, 3.8) is 0 Å². The van der Waals surface area contributed by atoms with Crippen LogP contribution < -0.4 is 10.6 Å². The van der Waals surface area contributed by atoms with Gasteiger partial charge in [0.05, 0.1) is 0 Å². The van der Waals surface area contributed by atoms with Crippen LogP contribution in [0.15, 0.2) is 4.99 Å². The molecule has 2 fully saturated rings. The maximum absolute atomic E-state index is 4.36. The number of likely N-dealkylation sites (tertiary alicyclic amines) is 1. The third kappa shape index (κ3) is 6.52. The van der Waals surface area contributed by atoms with E-state index in [0.717, 1.165) is 18.5 Å². The summed E-state index contributed by atoms with van der Waals surface area (Å²) in [6.45, 7) is 7.94. The predicted octanol–water partition coefficient (Wildman–Crippen LogP) is 2.54. The Morgan fingerprint density at radius 1 is 1.24 bits per heavy atom. The van der Waals surface area contributed by atoms with Gasteiger partial charge in [-0.3, -0.25) is 4.99 Å². The van der Waals surface area contributed by atoms with Crippen molar-refractivity contribution in [2.45, 2.75) is 56.4 Å². The highest BCUT2D eigenvalue weighted by Gasteiger charge is 2.31. The van der Waals surface area contributed by atoms with Crippen molar-refractivity contribution in [3.05, 3.63) is 0 Å². The molecule has 0 aromatic heterocycles. The van der Waals surface area contributed by atoms with Crippen LogP contribution in [0.1, 0.15) is 39.5 Å². The Morgan fingerprint density at radius 3 is 2.33 bits per heavy atom. The monoisotopic (exact) mass is 426 g/mol. The number of aliphatic imine (C=N–C) groups is 1. The smallest absolute Gasteiger partial charge is 0.191 e. The summed E-state index contributed by atoms with van der Waals surface area (Å²) in [4.78, 5) is 7.02. The summed E-state index contributed by atoms with van der Waals surface area (Å²) in [5, 5.41) is 7.04. The molecule has 21 heavy (non-hydrogen) atoms. The van der Waals surface area contributed by atoms with Gasteiger partial charge in [0.2, 0.25) is 0 Å². The van der Waals surface area contributed by atoms with Crippen molar-refractivity contribution in [2.24, 2.45) is 4.99 Å². The number of rotatable bonds is 5. The molecule has 0 aromatic rings. The van der Waals surface area contributed by atoms with Crippen LogP contribution in [-0.2, 0) is 0 Å². The average molecular weight is 426 g/mol. The lowest BCUT2D eigenvalue weighted by atomic mass is 10.1. The van der Waals surface area contributed by atoms with Gasteiger partial charge in [-0.1, -0.05) is 0 Å². The minimum absolute atomic E-state index is 0. The first-order valence-electron chi connectivity index (χ1n) is 7.80. The van der Waals surface area contributed by atoms with Gasteiger partial charge in [-0.25, -0.2) is 0 Å². The molecule has 2 N–H and O–H groups in total. The molecule has 0 spiro atoms. The van der Waals surface area contributed by atoms with Crippen LogP contribution in [0, 0.1) is 0 Å². The first-order valence-corrected chi connectivity index (χ1v) is 9.03. The van der Waals surface area contributed by atoms with Crippen LogP contribution in [0.2, 0.25) is 0 Å². The number of guanidine groups is 1. The van der Waals surface area contributed by atoms with Crippen molar-refractivity contribution in [1.82, 2.24) is 15.5 Å². The molecule has 1 heterocycles. The SMILES string of the molecule is CN=C(NCC(C)(C)SC)NC1CCN(C2CC2)CC1.I. The van der Waals surface area contributed by atoms with Crippen LogP contribution >= 0.6 is 35.7 Å². The molecule has 0 amide bonds. The number of thioether (sulfide) groups is 1. The number of hydrogen-bond donors (Lipinski definition) is 2. The van der Waals surface area contributed by atoms with Crippen LogP contribution in [0.3, 0.4) is 0 Å². The average Bonchev–Trinajstić information content (AvgIpc) is 3.29. The molecular formula is C15H31IN4S. The van der Waals surface area contributed by atoms with Crippen molar-refractivity contribution in [1.29, 1.82) is 0 Å². The molecule has 4 nitrogen and oxygen atoms in total. The third-order valence-electron chi connectivity index (χ3n) is 4.39. The van der Waals surface area contributed by atoms with E-state index < -0.39 is 0 Å². The Bertz CT molecular complexity index is 337. The van der Waals surface area contributed by atoms with Gasteiger partial charge in [-0.15, -0.1) is 24.0 Å². The summed E-state index contributed by atoms with van der Waals surface area (Å²) >= 11 is 1.88. The lowest BCUT2D eigenvalue weighted by Gasteiger charge is -2.33. The van der Waals surface area contributed by atoms with Crippen LogP contribution in [0.25, 0.3) is 0 Å². The highest BCUT2D eigenvalue weighted by Crippen LogP contribution is 2.29.